The van der Waals surface area contributed by atoms with E-state index < -0.39 is 14.6 Å². The molecular weight excluding hydrogens is 267 g/mol. The summed E-state index contributed by atoms with van der Waals surface area (Å²) in [6.07, 6.45) is 0. The van der Waals surface area contributed by atoms with E-state index in [1.165, 1.54) is 24.3 Å². The lowest BCUT2D eigenvalue weighted by molar-refractivity contribution is 0.0734. The van der Waals surface area contributed by atoms with Crippen molar-refractivity contribution in [2.75, 3.05) is 0 Å². The van der Waals surface area contributed by atoms with E-state index in [-0.39, 0.29) is 5.75 Å². The van der Waals surface area contributed by atoms with Gasteiger partial charge in [-0.05, 0) is 36.4 Å². The van der Waals surface area contributed by atoms with E-state index in [0.29, 0.717) is 11.3 Å². The quantitative estimate of drug-likeness (QED) is 0.510. The number of hydrogen-bond donors (Lipinski definition) is 2. The number of hydrogen-bond acceptors (Lipinski definition) is 5. The van der Waals surface area contributed by atoms with Crippen LogP contribution in [0.5, 0.6) is 11.5 Å². The Labute approximate surface area is 111 Å². The van der Waals surface area contributed by atoms with Gasteiger partial charge in [0.15, 0.2) is 0 Å². The van der Waals surface area contributed by atoms with Gasteiger partial charge in [0.25, 0.3) is 0 Å². The molecule has 6 heteroatoms. The second-order valence-electron chi connectivity index (χ2n) is 3.57. The average Bonchev–Trinajstić information content (AvgIpc) is 2.41. The summed E-state index contributed by atoms with van der Waals surface area (Å²) < 4.78 is 9.84. The maximum atomic E-state index is 11.7. The highest BCUT2D eigenvalue weighted by atomic mass is 31.2. The van der Waals surface area contributed by atoms with Gasteiger partial charge in [0.05, 0.1) is 5.56 Å². The number of ether oxygens (including phenoxy) is 1. The van der Waals surface area contributed by atoms with Crippen LogP contribution in [0, 0.1) is 0 Å². The van der Waals surface area contributed by atoms with Crippen molar-refractivity contribution in [3.63, 3.8) is 0 Å². The molecular formula is C13H11O5P. The Bertz CT molecular complexity index is 539. The van der Waals surface area contributed by atoms with Crippen LogP contribution in [0.2, 0.25) is 0 Å². The highest BCUT2D eigenvalue weighted by Crippen LogP contribution is 2.29. The third kappa shape index (κ3) is 4.03. The monoisotopic (exact) mass is 278 g/mol. The van der Waals surface area contributed by atoms with Crippen molar-refractivity contribution >= 4 is 14.6 Å². The fraction of sp³-hybridized carbons (Fsp3) is 0. The summed E-state index contributed by atoms with van der Waals surface area (Å²) in [6.45, 7) is 0. The minimum absolute atomic E-state index is 0.288. The second kappa shape index (κ2) is 6.29. The highest BCUT2D eigenvalue weighted by Gasteiger charge is 2.08. The summed E-state index contributed by atoms with van der Waals surface area (Å²) in [7, 11) is -2.45. The Balaban J connectivity index is 2.02. The van der Waals surface area contributed by atoms with Crippen LogP contribution < -0.4 is 9.26 Å². The molecule has 0 radical (unpaired) electrons. The molecule has 0 aliphatic rings. The lowest BCUT2D eigenvalue weighted by atomic mass is 10.2. The topological polar surface area (TPSA) is 76.0 Å². The Morgan fingerprint density at radius 1 is 0.895 bits per heavy atom. The van der Waals surface area contributed by atoms with Gasteiger partial charge in [-0.3, -0.25) is 0 Å². The largest absolute Gasteiger partial charge is 0.427 e. The third-order valence-corrected chi connectivity index (χ3v) is 2.60. The lowest BCUT2D eigenvalue weighted by Gasteiger charge is -2.07. The lowest BCUT2D eigenvalue weighted by Crippen LogP contribution is -2.07. The van der Waals surface area contributed by atoms with Crippen molar-refractivity contribution in [1.29, 1.82) is 0 Å². The minimum atomic E-state index is -2.45. The molecule has 0 atom stereocenters. The van der Waals surface area contributed by atoms with Crippen LogP contribution in [-0.4, -0.2) is 15.8 Å². The molecule has 19 heavy (non-hydrogen) atoms. The van der Waals surface area contributed by atoms with Crippen molar-refractivity contribution < 1.29 is 23.8 Å². The zero-order valence-corrected chi connectivity index (χ0v) is 10.7. The Hall–Kier alpha value is -1.94. The molecule has 0 aliphatic heterocycles. The fourth-order valence-electron chi connectivity index (χ4n) is 1.40. The van der Waals surface area contributed by atoms with Gasteiger partial charge in [0.1, 0.15) is 11.5 Å². The maximum absolute atomic E-state index is 11.7. The van der Waals surface area contributed by atoms with Crippen molar-refractivity contribution in [3.05, 3.63) is 60.2 Å². The first-order chi connectivity index (χ1) is 9.15. The predicted molar refractivity (Wildman–Crippen MR) is 69.8 cm³/mol. The molecule has 5 nitrogen and oxygen atoms in total. The van der Waals surface area contributed by atoms with E-state index in [4.69, 9.17) is 19.0 Å². The van der Waals surface area contributed by atoms with Gasteiger partial charge in [0.2, 0.25) is 0 Å². The van der Waals surface area contributed by atoms with Crippen LogP contribution >= 0.6 is 8.60 Å². The number of benzene rings is 2. The van der Waals surface area contributed by atoms with Gasteiger partial charge in [-0.1, -0.05) is 18.2 Å². The SMILES string of the molecule is O=C(Oc1ccc(OP(O)O)cc1)c1ccccc1. The van der Waals surface area contributed by atoms with Gasteiger partial charge >= 0.3 is 14.6 Å². The molecule has 0 unspecified atom stereocenters. The molecule has 2 aromatic carbocycles. The summed E-state index contributed by atoms with van der Waals surface area (Å²) in [5.41, 5.74) is 0.456. The number of esters is 1. The first-order valence-electron chi connectivity index (χ1n) is 5.38. The van der Waals surface area contributed by atoms with E-state index in [0.717, 1.165) is 0 Å². The van der Waals surface area contributed by atoms with Crippen LogP contribution in [0.15, 0.2) is 54.6 Å². The minimum Gasteiger partial charge on any atom is -0.427 e. The summed E-state index contributed by atoms with van der Waals surface area (Å²) >= 11 is 0. The number of carbonyl (C=O) groups is 1. The van der Waals surface area contributed by atoms with Crippen LogP contribution in [0.3, 0.4) is 0 Å². The van der Waals surface area contributed by atoms with Crippen molar-refractivity contribution in [3.8, 4) is 11.5 Å². The first-order valence-corrected chi connectivity index (χ1v) is 6.55. The van der Waals surface area contributed by atoms with E-state index in [2.05, 4.69) is 0 Å². The van der Waals surface area contributed by atoms with E-state index in [1.807, 2.05) is 6.07 Å². The van der Waals surface area contributed by atoms with Gasteiger partial charge < -0.3 is 19.0 Å². The molecule has 2 rings (SSSR count). The fourth-order valence-corrected chi connectivity index (χ4v) is 1.71. The summed E-state index contributed by atoms with van der Waals surface area (Å²) in [5.74, 6) is 0.179. The zero-order chi connectivity index (χ0) is 13.7. The molecule has 0 heterocycles. The van der Waals surface area contributed by atoms with Crippen LogP contribution in [0.4, 0.5) is 0 Å². The van der Waals surface area contributed by atoms with Crippen molar-refractivity contribution in [2.45, 2.75) is 0 Å². The van der Waals surface area contributed by atoms with Gasteiger partial charge in [0, 0.05) is 0 Å². The van der Waals surface area contributed by atoms with Crippen molar-refractivity contribution in [2.24, 2.45) is 0 Å². The molecule has 0 saturated heterocycles. The Morgan fingerprint density at radius 2 is 1.47 bits per heavy atom. The van der Waals surface area contributed by atoms with E-state index in [1.54, 1.807) is 24.3 Å². The average molecular weight is 278 g/mol. The summed E-state index contributed by atoms with van der Waals surface area (Å²) in [4.78, 5) is 29.1. The highest BCUT2D eigenvalue weighted by molar-refractivity contribution is 7.39. The van der Waals surface area contributed by atoms with E-state index in [9.17, 15) is 4.79 Å². The molecule has 2 aromatic rings. The Morgan fingerprint density at radius 3 is 2.05 bits per heavy atom. The summed E-state index contributed by atoms with van der Waals surface area (Å²) in [5, 5.41) is 0. The van der Waals surface area contributed by atoms with Gasteiger partial charge in [-0.25, -0.2) is 4.79 Å². The zero-order valence-electron chi connectivity index (χ0n) is 9.76. The molecule has 0 bridgehead atoms. The van der Waals surface area contributed by atoms with Crippen molar-refractivity contribution in [1.82, 2.24) is 0 Å². The molecule has 0 saturated carbocycles. The predicted octanol–water partition coefficient (Wildman–Crippen LogP) is 2.50. The number of rotatable bonds is 4. The maximum Gasteiger partial charge on any atom is 0.391 e. The molecule has 98 valence electrons. The number of carbonyl (C=O) groups excluding carboxylic acids is 1. The first kappa shape index (κ1) is 13.5. The molecule has 2 N–H and O–H groups in total. The van der Waals surface area contributed by atoms with Gasteiger partial charge in [-0.15, -0.1) is 0 Å². The second-order valence-corrected chi connectivity index (χ2v) is 4.26. The third-order valence-electron chi connectivity index (χ3n) is 2.23. The smallest absolute Gasteiger partial charge is 0.391 e. The summed E-state index contributed by atoms with van der Waals surface area (Å²) in [6, 6.07) is 14.6. The standard InChI is InChI=1S/C13H11O5P/c14-13(10-4-2-1-3-5-10)17-11-6-8-12(9-7-11)18-19(15)16/h1-9,15-16H. The molecule has 0 fully saturated rings. The molecule has 0 aliphatic carbocycles. The van der Waals surface area contributed by atoms with Crippen LogP contribution in [-0.2, 0) is 0 Å². The molecule has 0 spiro atoms. The van der Waals surface area contributed by atoms with Gasteiger partial charge in [-0.2, -0.15) is 0 Å². The van der Waals surface area contributed by atoms with Crippen LogP contribution in [0.1, 0.15) is 10.4 Å². The van der Waals surface area contributed by atoms with Crippen LogP contribution in [0.25, 0.3) is 0 Å². The normalized spacial score (nSPS) is 10.3. The molecule has 0 aromatic heterocycles. The molecule has 0 amide bonds. The van der Waals surface area contributed by atoms with E-state index >= 15 is 0 Å². The Kier molecular flexibility index (Phi) is 4.47.